The number of hydrogen-bond donors (Lipinski definition) is 2. The van der Waals surface area contributed by atoms with E-state index in [9.17, 15) is 4.79 Å². The molecular formula is C11H15NO2. The minimum Gasteiger partial charge on any atom is -0.478 e. The maximum absolute atomic E-state index is 10.7. The van der Waals surface area contributed by atoms with E-state index in [1.165, 1.54) is 0 Å². The Kier molecular flexibility index (Phi) is 3.25. The third-order valence-electron chi connectivity index (χ3n) is 2.14. The molecule has 3 heteroatoms. The molecular weight excluding hydrogens is 178 g/mol. The van der Waals surface area contributed by atoms with Crippen molar-refractivity contribution in [1.29, 1.82) is 0 Å². The van der Waals surface area contributed by atoms with E-state index in [-0.39, 0.29) is 6.04 Å². The second kappa shape index (κ2) is 4.24. The number of carboxylic acid groups (broad SMARTS) is 1. The molecule has 0 fully saturated rings. The van der Waals surface area contributed by atoms with Crippen LogP contribution in [-0.2, 0) is 6.42 Å². The molecule has 1 atom stereocenters. The first kappa shape index (κ1) is 10.7. The van der Waals surface area contributed by atoms with Crippen LogP contribution in [0.2, 0.25) is 0 Å². The van der Waals surface area contributed by atoms with Gasteiger partial charge in [-0.25, -0.2) is 4.79 Å². The molecule has 0 aliphatic carbocycles. The molecule has 0 amide bonds. The predicted molar refractivity (Wildman–Crippen MR) is 55.5 cm³/mol. The van der Waals surface area contributed by atoms with Crippen molar-refractivity contribution in [1.82, 2.24) is 0 Å². The Morgan fingerprint density at radius 1 is 1.57 bits per heavy atom. The summed E-state index contributed by atoms with van der Waals surface area (Å²) < 4.78 is 0. The van der Waals surface area contributed by atoms with Gasteiger partial charge in [0.2, 0.25) is 0 Å². The SMILES string of the molecule is Cc1ccc(C(=O)O)cc1C[C@@H](C)N. The number of benzene rings is 1. The molecule has 0 aromatic heterocycles. The topological polar surface area (TPSA) is 63.3 Å². The second-order valence-electron chi connectivity index (χ2n) is 3.63. The molecule has 0 unspecified atom stereocenters. The predicted octanol–water partition coefficient (Wildman–Crippen LogP) is 1.58. The lowest BCUT2D eigenvalue weighted by atomic mass is 9.99. The summed E-state index contributed by atoms with van der Waals surface area (Å²) >= 11 is 0. The smallest absolute Gasteiger partial charge is 0.335 e. The summed E-state index contributed by atoms with van der Waals surface area (Å²) in [6.45, 7) is 3.87. The third kappa shape index (κ3) is 2.57. The Morgan fingerprint density at radius 2 is 2.21 bits per heavy atom. The third-order valence-corrected chi connectivity index (χ3v) is 2.14. The van der Waals surface area contributed by atoms with E-state index in [0.717, 1.165) is 11.1 Å². The highest BCUT2D eigenvalue weighted by Gasteiger charge is 2.07. The molecule has 14 heavy (non-hydrogen) atoms. The Balaban J connectivity index is 3.02. The van der Waals surface area contributed by atoms with Crippen LogP contribution in [0, 0.1) is 6.92 Å². The molecule has 0 aliphatic rings. The number of carbonyl (C=O) groups is 1. The minimum absolute atomic E-state index is 0.0535. The zero-order valence-corrected chi connectivity index (χ0v) is 8.45. The van der Waals surface area contributed by atoms with Crippen LogP contribution >= 0.6 is 0 Å². The molecule has 0 saturated heterocycles. The van der Waals surface area contributed by atoms with E-state index in [0.29, 0.717) is 12.0 Å². The molecule has 0 spiro atoms. The number of rotatable bonds is 3. The number of aromatic carboxylic acids is 1. The van der Waals surface area contributed by atoms with E-state index in [1.54, 1.807) is 12.1 Å². The van der Waals surface area contributed by atoms with Gasteiger partial charge in [-0.3, -0.25) is 0 Å². The van der Waals surface area contributed by atoms with Crippen molar-refractivity contribution >= 4 is 5.97 Å². The maximum atomic E-state index is 10.7. The highest BCUT2D eigenvalue weighted by atomic mass is 16.4. The number of nitrogens with two attached hydrogens (primary N) is 1. The molecule has 76 valence electrons. The molecule has 3 nitrogen and oxygen atoms in total. The van der Waals surface area contributed by atoms with Gasteiger partial charge in [-0.05, 0) is 43.5 Å². The van der Waals surface area contributed by atoms with Crippen molar-refractivity contribution in [3.63, 3.8) is 0 Å². The normalized spacial score (nSPS) is 12.5. The van der Waals surface area contributed by atoms with E-state index >= 15 is 0 Å². The van der Waals surface area contributed by atoms with Crippen molar-refractivity contribution in [2.75, 3.05) is 0 Å². The summed E-state index contributed by atoms with van der Waals surface area (Å²) in [4.78, 5) is 10.7. The number of aryl methyl sites for hydroxylation is 1. The number of hydrogen-bond acceptors (Lipinski definition) is 2. The van der Waals surface area contributed by atoms with Crippen LogP contribution in [0.15, 0.2) is 18.2 Å². The lowest BCUT2D eigenvalue weighted by Crippen LogP contribution is -2.18. The van der Waals surface area contributed by atoms with Gasteiger partial charge >= 0.3 is 5.97 Å². The van der Waals surface area contributed by atoms with Gasteiger partial charge in [0.15, 0.2) is 0 Å². The summed E-state index contributed by atoms with van der Waals surface area (Å²) in [5, 5.41) is 8.80. The largest absolute Gasteiger partial charge is 0.478 e. The van der Waals surface area contributed by atoms with Crippen LogP contribution in [0.1, 0.15) is 28.4 Å². The van der Waals surface area contributed by atoms with Gasteiger partial charge in [0.05, 0.1) is 5.56 Å². The van der Waals surface area contributed by atoms with Crippen LogP contribution in [-0.4, -0.2) is 17.1 Å². The van der Waals surface area contributed by atoms with Gasteiger partial charge in [0.25, 0.3) is 0 Å². The zero-order valence-electron chi connectivity index (χ0n) is 8.45. The summed E-state index contributed by atoms with van der Waals surface area (Å²) in [5.74, 6) is -0.893. The van der Waals surface area contributed by atoms with Gasteiger partial charge in [-0.2, -0.15) is 0 Å². The van der Waals surface area contributed by atoms with Crippen LogP contribution in [0.4, 0.5) is 0 Å². The van der Waals surface area contributed by atoms with Gasteiger partial charge < -0.3 is 10.8 Å². The van der Waals surface area contributed by atoms with Crippen molar-refractivity contribution < 1.29 is 9.90 Å². The van der Waals surface area contributed by atoms with Gasteiger partial charge in [0.1, 0.15) is 0 Å². The molecule has 1 rings (SSSR count). The van der Waals surface area contributed by atoms with Crippen LogP contribution < -0.4 is 5.73 Å². The molecule has 1 aromatic carbocycles. The summed E-state index contributed by atoms with van der Waals surface area (Å²) in [7, 11) is 0. The Labute approximate surface area is 83.6 Å². The molecule has 0 bridgehead atoms. The van der Waals surface area contributed by atoms with Crippen LogP contribution in [0.3, 0.4) is 0 Å². The van der Waals surface area contributed by atoms with E-state index in [4.69, 9.17) is 10.8 Å². The first-order chi connectivity index (χ1) is 6.50. The maximum Gasteiger partial charge on any atom is 0.335 e. The first-order valence-electron chi connectivity index (χ1n) is 4.59. The van der Waals surface area contributed by atoms with Crippen molar-refractivity contribution in [2.45, 2.75) is 26.3 Å². The summed E-state index contributed by atoms with van der Waals surface area (Å²) in [6.07, 6.45) is 0.715. The highest BCUT2D eigenvalue weighted by Crippen LogP contribution is 2.12. The fraction of sp³-hybridized carbons (Fsp3) is 0.364. The molecule has 0 saturated carbocycles. The molecule has 1 aromatic rings. The van der Waals surface area contributed by atoms with Crippen molar-refractivity contribution in [2.24, 2.45) is 5.73 Å². The highest BCUT2D eigenvalue weighted by molar-refractivity contribution is 5.87. The molecule has 0 aliphatic heterocycles. The Hall–Kier alpha value is -1.35. The first-order valence-corrected chi connectivity index (χ1v) is 4.59. The van der Waals surface area contributed by atoms with Crippen LogP contribution in [0.25, 0.3) is 0 Å². The Morgan fingerprint density at radius 3 is 2.71 bits per heavy atom. The standard InChI is InChI=1S/C11H15NO2/c1-7-3-4-9(11(13)14)6-10(7)5-8(2)12/h3-4,6,8H,5,12H2,1-2H3,(H,13,14)/t8-/m1/s1. The van der Waals surface area contributed by atoms with E-state index in [2.05, 4.69) is 0 Å². The lowest BCUT2D eigenvalue weighted by Gasteiger charge is -2.09. The molecule has 3 N–H and O–H groups in total. The fourth-order valence-corrected chi connectivity index (χ4v) is 1.37. The summed E-state index contributed by atoms with van der Waals surface area (Å²) in [6, 6.07) is 5.18. The van der Waals surface area contributed by atoms with Gasteiger partial charge in [-0.1, -0.05) is 6.07 Å². The monoisotopic (exact) mass is 193 g/mol. The van der Waals surface area contributed by atoms with Gasteiger partial charge in [0, 0.05) is 6.04 Å². The average molecular weight is 193 g/mol. The molecule has 0 radical (unpaired) electrons. The van der Waals surface area contributed by atoms with Crippen molar-refractivity contribution in [3.05, 3.63) is 34.9 Å². The van der Waals surface area contributed by atoms with E-state index in [1.807, 2.05) is 19.9 Å². The van der Waals surface area contributed by atoms with Gasteiger partial charge in [-0.15, -0.1) is 0 Å². The number of carboxylic acids is 1. The van der Waals surface area contributed by atoms with Crippen LogP contribution in [0.5, 0.6) is 0 Å². The van der Waals surface area contributed by atoms with E-state index < -0.39 is 5.97 Å². The summed E-state index contributed by atoms with van der Waals surface area (Å²) in [5.41, 5.74) is 8.10. The molecule has 0 heterocycles. The van der Waals surface area contributed by atoms with Crippen molar-refractivity contribution in [3.8, 4) is 0 Å². The lowest BCUT2D eigenvalue weighted by molar-refractivity contribution is 0.0696. The zero-order chi connectivity index (χ0) is 10.7. The average Bonchev–Trinajstić information content (AvgIpc) is 2.07. The minimum atomic E-state index is -0.893. The second-order valence-corrected chi connectivity index (χ2v) is 3.63. The Bertz CT molecular complexity index is 345. The fourth-order valence-electron chi connectivity index (χ4n) is 1.37. The quantitative estimate of drug-likeness (QED) is 0.766.